The van der Waals surface area contributed by atoms with E-state index in [1.165, 1.54) is 6.07 Å². The number of hydrazone groups is 1. The smallest absolute Gasteiger partial charge is 0.345 e. The van der Waals surface area contributed by atoms with Gasteiger partial charge < -0.3 is 4.42 Å². The van der Waals surface area contributed by atoms with Crippen LogP contribution in [0.25, 0.3) is 11.0 Å². The number of para-hydroxylation sites is 1. The summed E-state index contributed by atoms with van der Waals surface area (Å²) in [5, 5.41) is 4.72. The van der Waals surface area contributed by atoms with Gasteiger partial charge in [0.2, 0.25) is 0 Å². The summed E-state index contributed by atoms with van der Waals surface area (Å²) in [6.45, 7) is 1.59. The molecule has 0 atom stereocenters. The summed E-state index contributed by atoms with van der Waals surface area (Å²) in [6, 6.07) is 11.8. The first kappa shape index (κ1) is 14.9. The van der Waals surface area contributed by atoms with Gasteiger partial charge in [0, 0.05) is 11.5 Å². The summed E-state index contributed by atoms with van der Waals surface area (Å²) in [6.07, 6.45) is 0. The Morgan fingerprint density at radius 2 is 1.91 bits per heavy atom. The molecule has 23 heavy (non-hydrogen) atoms. The van der Waals surface area contributed by atoms with Crippen LogP contribution >= 0.6 is 0 Å². The van der Waals surface area contributed by atoms with Gasteiger partial charge in [0.05, 0.1) is 17.0 Å². The van der Waals surface area contributed by atoms with Crippen molar-refractivity contribution in [1.82, 2.24) is 0 Å². The van der Waals surface area contributed by atoms with Gasteiger partial charge in [-0.15, -0.1) is 0 Å². The van der Waals surface area contributed by atoms with Gasteiger partial charge in [0.15, 0.2) is 5.82 Å². The molecule has 0 amide bonds. The molecule has 2 aromatic carbocycles. The molecule has 0 spiro atoms. The molecule has 3 aromatic rings. The minimum Gasteiger partial charge on any atom is -0.422 e. The first-order valence-electron chi connectivity index (χ1n) is 6.83. The minimum atomic E-state index is -0.771. The third-order valence-electron chi connectivity index (χ3n) is 3.31. The average molecular weight is 314 g/mol. The lowest BCUT2D eigenvalue weighted by molar-refractivity contribution is 0.559. The number of halogens is 2. The zero-order valence-corrected chi connectivity index (χ0v) is 12.1. The highest BCUT2D eigenvalue weighted by Crippen LogP contribution is 2.16. The molecular formula is C17H12F2N2O2. The molecule has 1 N–H and O–H groups in total. The lowest BCUT2D eigenvalue weighted by Gasteiger charge is -2.05. The first-order valence-corrected chi connectivity index (χ1v) is 6.83. The second-order valence-corrected chi connectivity index (χ2v) is 4.92. The lowest BCUT2D eigenvalue weighted by atomic mass is 10.1. The van der Waals surface area contributed by atoms with E-state index in [9.17, 15) is 13.6 Å². The van der Waals surface area contributed by atoms with E-state index in [1.54, 1.807) is 25.1 Å². The second-order valence-electron chi connectivity index (χ2n) is 4.92. The Bertz CT molecular complexity index is 964. The van der Waals surface area contributed by atoms with Crippen LogP contribution in [-0.2, 0) is 0 Å². The van der Waals surface area contributed by atoms with Gasteiger partial charge in [-0.2, -0.15) is 5.10 Å². The summed E-state index contributed by atoms with van der Waals surface area (Å²) in [4.78, 5) is 12.0. The number of rotatable bonds is 3. The average Bonchev–Trinajstić information content (AvgIpc) is 2.53. The van der Waals surface area contributed by atoms with Crippen LogP contribution in [0.5, 0.6) is 0 Å². The molecule has 116 valence electrons. The Labute approximate surface area is 130 Å². The molecule has 1 aromatic heterocycles. The molecule has 0 saturated heterocycles. The predicted molar refractivity (Wildman–Crippen MR) is 84.7 cm³/mol. The zero-order chi connectivity index (χ0) is 16.4. The highest BCUT2D eigenvalue weighted by molar-refractivity contribution is 6.00. The second kappa shape index (κ2) is 6.00. The van der Waals surface area contributed by atoms with Gasteiger partial charge in [-0.25, -0.2) is 13.6 Å². The minimum absolute atomic E-state index is 0.0101. The molecule has 3 rings (SSSR count). The van der Waals surface area contributed by atoms with Crippen LogP contribution in [0.3, 0.4) is 0 Å². The maximum Gasteiger partial charge on any atom is 0.345 e. The molecule has 0 aliphatic carbocycles. The number of fused-ring (bicyclic) bond motifs is 1. The summed E-state index contributed by atoms with van der Waals surface area (Å²) in [5.74, 6) is -1.45. The van der Waals surface area contributed by atoms with Crippen molar-refractivity contribution >= 4 is 22.4 Å². The highest BCUT2D eigenvalue weighted by Gasteiger charge is 2.09. The van der Waals surface area contributed by atoms with Crippen LogP contribution < -0.4 is 11.1 Å². The Morgan fingerprint density at radius 3 is 2.70 bits per heavy atom. The van der Waals surface area contributed by atoms with Crippen LogP contribution in [0.2, 0.25) is 0 Å². The van der Waals surface area contributed by atoms with Gasteiger partial charge in [0.1, 0.15) is 11.4 Å². The van der Waals surface area contributed by atoms with Gasteiger partial charge in [-0.05, 0) is 31.2 Å². The third kappa shape index (κ3) is 3.11. The van der Waals surface area contributed by atoms with E-state index in [2.05, 4.69) is 10.5 Å². The number of nitrogens with zero attached hydrogens (tertiary/aromatic N) is 1. The quantitative estimate of drug-likeness (QED) is 0.453. The van der Waals surface area contributed by atoms with Crippen molar-refractivity contribution in [2.75, 3.05) is 5.43 Å². The number of hydrogen-bond acceptors (Lipinski definition) is 4. The number of nitrogens with one attached hydrogen (secondary N) is 1. The number of hydrogen-bond donors (Lipinski definition) is 1. The molecule has 0 bridgehead atoms. The molecule has 0 unspecified atom stereocenters. The van der Waals surface area contributed by atoms with E-state index < -0.39 is 17.3 Å². The third-order valence-corrected chi connectivity index (χ3v) is 3.31. The Kier molecular flexibility index (Phi) is 3.89. The lowest BCUT2D eigenvalue weighted by Crippen LogP contribution is -2.13. The van der Waals surface area contributed by atoms with E-state index >= 15 is 0 Å². The normalized spacial score (nSPS) is 11.7. The standard InChI is InChI=1S/C17H12F2N2O2/c1-10(20-21-15-7-6-12(18)9-14(15)19)13-8-11-4-2-3-5-16(11)23-17(13)22/h2-9,21H,1H3/b20-10-. The molecule has 1 heterocycles. The Balaban J connectivity index is 1.94. The van der Waals surface area contributed by atoms with Crippen LogP contribution in [-0.4, -0.2) is 5.71 Å². The van der Waals surface area contributed by atoms with E-state index in [4.69, 9.17) is 4.42 Å². The van der Waals surface area contributed by atoms with Crippen molar-refractivity contribution in [2.24, 2.45) is 5.10 Å². The fourth-order valence-corrected chi connectivity index (χ4v) is 2.10. The first-order chi connectivity index (χ1) is 11.0. The van der Waals surface area contributed by atoms with Crippen molar-refractivity contribution in [3.63, 3.8) is 0 Å². The van der Waals surface area contributed by atoms with Crippen molar-refractivity contribution in [3.8, 4) is 0 Å². The van der Waals surface area contributed by atoms with Crippen molar-refractivity contribution in [2.45, 2.75) is 6.92 Å². The highest BCUT2D eigenvalue weighted by atomic mass is 19.1. The predicted octanol–water partition coefficient (Wildman–Crippen LogP) is 3.91. The number of anilines is 1. The van der Waals surface area contributed by atoms with Crippen LogP contribution in [0.4, 0.5) is 14.5 Å². The van der Waals surface area contributed by atoms with Gasteiger partial charge >= 0.3 is 5.63 Å². The van der Waals surface area contributed by atoms with E-state index in [0.717, 1.165) is 17.5 Å². The summed E-state index contributed by atoms with van der Waals surface area (Å²) in [7, 11) is 0. The maximum absolute atomic E-state index is 13.5. The fourth-order valence-electron chi connectivity index (χ4n) is 2.10. The Hall–Kier alpha value is -3.02. The zero-order valence-electron chi connectivity index (χ0n) is 12.1. The molecule has 6 heteroatoms. The SMILES string of the molecule is C/C(=N/Nc1ccc(F)cc1F)c1cc2ccccc2oc1=O. The van der Waals surface area contributed by atoms with E-state index in [1.807, 2.05) is 12.1 Å². The van der Waals surface area contributed by atoms with Crippen molar-refractivity contribution < 1.29 is 13.2 Å². The molecule has 0 radical (unpaired) electrons. The monoisotopic (exact) mass is 314 g/mol. The summed E-state index contributed by atoms with van der Waals surface area (Å²) < 4.78 is 31.6. The van der Waals surface area contributed by atoms with Gasteiger partial charge in [-0.3, -0.25) is 5.43 Å². The summed E-state index contributed by atoms with van der Waals surface area (Å²) >= 11 is 0. The Morgan fingerprint density at radius 1 is 1.13 bits per heavy atom. The van der Waals surface area contributed by atoms with Crippen LogP contribution in [0.15, 0.2) is 62.8 Å². The largest absolute Gasteiger partial charge is 0.422 e. The molecule has 0 saturated carbocycles. The van der Waals surface area contributed by atoms with E-state index in [0.29, 0.717) is 11.3 Å². The molecule has 4 nitrogen and oxygen atoms in total. The molecular weight excluding hydrogens is 302 g/mol. The summed E-state index contributed by atoms with van der Waals surface area (Å²) in [5.41, 5.74) is 3.02. The topological polar surface area (TPSA) is 54.6 Å². The maximum atomic E-state index is 13.5. The van der Waals surface area contributed by atoms with Gasteiger partial charge in [-0.1, -0.05) is 18.2 Å². The molecule has 0 aliphatic rings. The van der Waals surface area contributed by atoms with E-state index in [-0.39, 0.29) is 11.3 Å². The molecule has 0 aliphatic heterocycles. The number of benzene rings is 2. The van der Waals surface area contributed by atoms with Gasteiger partial charge in [0.25, 0.3) is 0 Å². The van der Waals surface area contributed by atoms with Crippen molar-refractivity contribution in [1.29, 1.82) is 0 Å². The fraction of sp³-hybridized carbons (Fsp3) is 0.0588. The van der Waals surface area contributed by atoms with Crippen LogP contribution in [0, 0.1) is 11.6 Å². The van der Waals surface area contributed by atoms with Crippen LogP contribution in [0.1, 0.15) is 12.5 Å². The van der Waals surface area contributed by atoms with Crippen molar-refractivity contribution in [3.05, 3.63) is 76.1 Å². The molecule has 0 fully saturated rings.